The van der Waals surface area contributed by atoms with Gasteiger partial charge >= 0.3 is 0 Å². The summed E-state index contributed by atoms with van der Waals surface area (Å²) in [7, 11) is 1.72. The fourth-order valence-corrected chi connectivity index (χ4v) is 1.34. The van der Waals surface area contributed by atoms with E-state index in [1.54, 1.807) is 7.05 Å². The molecule has 1 aliphatic rings. The SMILES string of the molecule is CC1CC1C(=O)c1cnn(C)n1. The number of aryl methyl sites for hydroxylation is 1. The summed E-state index contributed by atoms with van der Waals surface area (Å²) in [6.07, 6.45) is 2.54. The van der Waals surface area contributed by atoms with Gasteiger partial charge in [0, 0.05) is 13.0 Å². The average molecular weight is 165 g/mol. The van der Waals surface area contributed by atoms with Gasteiger partial charge in [0.25, 0.3) is 0 Å². The Balaban J connectivity index is 2.15. The zero-order valence-electron chi connectivity index (χ0n) is 7.19. The van der Waals surface area contributed by atoms with E-state index in [2.05, 4.69) is 17.1 Å². The number of hydrogen-bond acceptors (Lipinski definition) is 3. The highest BCUT2D eigenvalue weighted by Gasteiger charge is 2.40. The molecule has 1 aromatic rings. The Bertz CT molecular complexity index is 318. The molecule has 64 valence electrons. The van der Waals surface area contributed by atoms with Crippen LogP contribution in [0.3, 0.4) is 0 Å². The van der Waals surface area contributed by atoms with Crippen LogP contribution < -0.4 is 0 Å². The van der Waals surface area contributed by atoms with E-state index in [4.69, 9.17) is 0 Å². The lowest BCUT2D eigenvalue weighted by atomic mass is 10.2. The molecule has 1 fully saturated rings. The predicted octanol–water partition coefficient (Wildman–Crippen LogP) is 0.654. The van der Waals surface area contributed by atoms with Crippen molar-refractivity contribution in [2.24, 2.45) is 18.9 Å². The normalized spacial score (nSPS) is 27.2. The van der Waals surface area contributed by atoms with E-state index in [1.807, 2.05) is 0 Å². The van der Waals surface area contributed by atoms with E-state index in [0.29, 0.717) is 11.6 Å². The van der Waals surface area contributed by atoms with Gasteiger partial charge in [-0.3, -0.25) is 4.79 Å². The van der Waals surface area contributed by atoms with Crippen LogP contribution in [-0.2, 0) is 7.05 Å². The lowest BCUT2D eigenvalue weighted by Gasteiger charge is -1.90. The quantitative estimate of drug-likeness (QED) is 0.604. The van der Waals surface area contributed by atoms with Gasteiger partial charge in [0.2, 0.25) is 0 Å². The van der Waals surface area contributed by atoms with Crippen molar-refractivity contribution in [3.8, 4) is 0 Å². The van der Waals surface area contributed by atoms with Gasteiger partial charge in [0.15, 0.2) is 5.78 Å². The minimum Gasteiger partial charge on any atom is -0.292 e. The molecule has 0 radical (unpaired) electrons. The molecular formula is C8H11N3O. The number of rotatable bonds is 2. The van der Waals surface area contributed by atoms with Gasteiger partial charge in [-0.15, -0.1) is 0 Å². The third-order valence-electron chi connectivity index (χ3n) is 2.30. The molecule has 4 heteroatoms. The van der Waals surface area contributed by atoms with Crippen molar-refractivity contribution >= 4 is 5.78 Å². The fourth-order valence-electron chi connectivity index (χ4n) is 1.34. The topological polar surface area (TPSA) is 47.8 Å². The summed E-state index contributed by atoms with van der Waals surface area (Å²) >= 11 is 0. The summed E-state index contributed by atoms with van der Waals surface area (Å²) in [4.78, 5) is 12.9. The molecule has 2 unspecified atom stereocenters. The van der Waals surface area contributed by atoms with Crippen LogP contribution >= 0.6 is 0 Å². The molecule has 1 aliphatic carbocycles. The van der Waals surface area contributed by atoms with Crippen LogP contribution in [0.5, 0.6) is 0 Å². The zero-order chi connectivity index (χ0) is 8.72. The number of aromatic nitrogens is 3. The second-order valence-electron chi connectivity index (χ2n) is 3.40. The summed E-state index contributed by atoms with van der Waals surface area (Å²) in [5.74, 6) is 0.900. The second-order valence-corrected chi connectivity index (χ2v) is 3.40. The lowest BCUT2D eigenvalue weighted by Crippen LogP contribution is -2.04. The molecule has 4 nitrogen and oxygen atoms in total. The van der Waals surface area contributed by atoms with E-state index in [-0.39, 0.29) is 11.7 Å². The fraction of sp³-hybridized carbons (Fsp3) is 0.625. The van der Waals surface area contributed by atoms with Crippen LogP contribution in [-0.4, -0.2) is 20.8 Å². The van der Waals surface area contributed by atoms with E-state index < -0.39 is 0 Å². The van der Waals surface area contributed by atoms with Crippen molar-refractivity contribution < 1.29 is 4.79 Å². The van der Waals surface area contributed by atoms with Crippen molar-refractivity contribution in [3.63, 3.8) is 0 Å². The van der Waals surface area contributed by atoms with Crippen LogP contribution in [0.2, 0.25) is 0 Å². The Morgan fingerprint density at radius 2 is 2.42 bits per heavy atom. The number of nitrogens with zero attached hydrogens (tertiary/aromatic N) is 3. The molecular weight excluding hydrogens is 154 g/mol. The maximum absolute atomic E-state index is 11.5. The highest BCUT2D eigenvalue weighted by molar-refractivity contribution is 5.97. The van der Waals surface area contributed by atoms with Gasteiger partial charge < -0.3 is 0 Å². The molecule has 2 atom stereocenters. The van der Waals surface area contributed by atoms with Gasteiger partial charge in [0.05, 0.1) is 6.20 Å². The van der Waals surface area contributed by atoms with Crippen molar-refractivity contribution in [3.05, 3.63) is 11.9 Å². The lowest BCUT2D eigenvalue weighted by molar-refractivity contribution is 0.0956. The minimum atomic E-state index is 0.149. The highest BCUT2D eigenvalue weighted by atomic mass is 16.1. The van der Waals surface area contributed by atoms with Crippen LogP contribution in [0.4, 0.5) is 0 Å². The third kappa shape index (κ3) is 1.13. The number of carbonyl (C=O) groups is 1. The molecule has 12 heavy (non-hydrogen) atoms. The first-order chi connectivity index (χ1) is 5.68. The predicted molar refractivity (Wildman–Crippen MR) is 42.6 cm³/mol. The van der Waals surface area contributed by atoms with Gasteiger partial charge in [0.1, 0.15) is 5.69 Å². The first-order valence-electron chi connectivity index (χ1n) is 4.09. The van der Waals surface area contributed by atoms with Crippen LogP contribution in [0.1, 0.15) is 23.8 Å². The van der Waals surface area contributed by atoms with Gasteiger partial charge in [-0.2, -0.15) is 15.0 Å². The number of ketones is 1. The molecule has 1 aromatic heterocycles. The molecule has 0 spiro atoms. The molecule has 0 N–H and O–H groups in total. The maximum atomic E-state index is 11.5. The average Bonchev–Trinajstić information content (AvgIpc) is 2.58. The highest BCUT2D eigenvalue weighted by Crippen LogP contribution is 2.39. The van der Waals surface area contributed by atoms with Gasteiger partial charge in [-0.05, 0) is 12.3 Å². The van der Waals surface area contributed by atoms with Gasteiger partial charge in [-0.25, -0.2) is 0 Å². The molecule has 0 amide bonds. The minimum absolute atomic E-state index is 0.149. The first-order valence-corrected chi connectivity index (χ1v) is 4.09. The Morgan fingerprint density at radius 1 is 1.75 bits per heavy atom. The molecule has 1 saturated carbocycles. The smallest absolute Gasteiger partial charge is 0.188 e. The summed E-state index contributed by atoms with van der Waals surface area (Å²) in [6.45, 7) is 2.08. The molecule has 0 bridgehead atoms. The van der Waals surface area contributed by atoms with E-state index in [0.717, 1.165) is 6.42 Å². The Labute approximate surface area is 70.6 Å². The van der Waals surface area contributed by atoms with Crippen LogP contribution in [0.25, 0.3) is 0 Å². The summed E-state index contributed by atoms with van der Waals surface area (Å²) < 4.78 is 0. The number of hydrogen-bond donors (Lipinski definition) is 0. The molecule has 0 aromatic carbocycles. The van der Waals surface area contributed by atoms with Crippen LogP contribution in [0.15, 0.2) is 6.20 Å². The maximum Gasteiger partial charge on any atom is 0.188 e. The number of carbonyl (C=O) groups excluding carboxylic acids is 1. The van der Waals surface area contributed by atoms with Gasteiger partial charge in [-0.1, -0.05) is 6.92 Å². The van der Waals surface area contributed by atoms with Crippen molar-refractivity contribution in [2.75, 3.05) is 0 Å². The summed E-state index contributed by atoms with van der Waals surface area (Å²) in [5, 5.41) is 7.82. The number of Topliss-reactive ketones (excluding diaryl/α,β-unsaturated/α-hetero) is 1. The largest absolute Gasteiger partial charge is 0.292 e. The first kappa shape index (κ1) is 7.46. The Kier molecular flexibility index (Phi) is 1.49. The van der Waals surface area contributed by atoms with Crippen LogP contribution in [0, 0.1) is 11.8 Å². The Morgan fingerprint density at radius 3 is 2.83 bits per heavy atom. The van der Waals surface area contributed by atoms with E-state index >= 15 is 0 Å². The second kappa shape index (κ2) is 2.40. The molecule has 0 saturated heterocycles. The summed E-state index contributed by atoms with van der Waals surface area (Å²) in [6, 6.07) is 0. The van der Waals surface area contributed by atoms with E-state index in [1.165, 1.54) is 11.0 Å². The zero-order valence-corrected chi connectivity index (χ0v) is 7.19. The monoisotopic (exact) mass is 165 g/mol. The van der Waals surface area contributed by atoms with Crippen molar-refractivity contribution in [1.82, 2.24) is 15.0 Å². The van der Waals surface area contributed by atoms with Crippen molar-refractivity contribution in [1.29, 1.82) is 0 Å². The molecule has 1 heterocycles. The third-order valence-corrected chi connectivity index (χ3v) is 2.30. The standard InChI is InChI=1S/C8H11N3O/c1-5-3-6(5)8(12)7-4-9-11(2)10-7/h4-6H,3H2,1-2H3. The van der Waals surface area contributed by atoms with E-state index in [9.17, 15) is 4.79 Å². The summed E-state index contributed by atoms with van der Waals surface area (Å²) in [5.41, 5.74) is 0.506. The molecule has 0 aliphatic heterocycles. The Hall–Kier alpha value is -1.19. The van der Waals surface area contributed by atoms with Crippen molar-refractivity contribution in [2.45, 2.75) is 13.3 Å². The molecule has 2 rings (SSSR count).